The van der Waals surface area contributed by atoms with Crippen LogP contribution in [0.2, 0.25) is 0 Å². The van der Waals surface area contributed by atoms with Gasteiger partial charge in [0.2, 0.25) is 5.95 Å². The van der Waals surface area contributed by atoms with Crippen LogP contribution in [0.3, 0.4) is 0 Å². The molecule has 132 valence electrons. The van der Waals surface area contributed by atoms with Crippen LogP contribution in [0.5, 0.6) is 0 Å². The number of thiophene rings is 1. The molecule has 1 N–H and O–H groups in total. The van der Waals surface area contributed by atoms with Gasteiger partial charge < -0.3 is 5.32 Å². The highest BCUT2D eigenvalue weighted by molar-refractivity contribution is 7.10. The number of rotatable bonds is 4. The van der Waals surface area contributed by atoms with Crippen LogP contribution in [0.25, 0.3) is 0 Å². The van der Waals surface area contributed by atoms with Crippen molar-refractivity contribution in [3.63, 3.8) is 0 Å². The summed E-state index contributed by atoms with van der Waals surface area (Å²) in [6, 6.07) is 12.4. The molecule has 5 heteroatoms. The first-order valence-electron chi connectivity index (χ1n) is 8.94. The molecule has 1 atom stereocenters. The lowest BCUT2D eigenvalue weighted by Gasteiger charge is -2.23. The average Bonchev–Trinajstić information content (AvgIpc) is 3.16. The third-order valence-corrected chi connectivity index (χ3v) is 5.91. The fraction of sp³-hybridized carbons (Fsp3) is 0.286. The van der Waals surface area contributed by atoms with Crippen molar-refractivity contribution < 1.29 is 4.79 Å². The van der Waals surface area contributed by atoms with Gasteiger partial charge in [0, 0.05) is 22.9 Å². The monoisotopic (exact) mass is 363 g/mol. The van der Waals surface area contributed by atoms with Crippen molar-refractivity contribution in [1.82, 2.24) is 9.97 Å². The van der Waals surface area contributed by atoms with E-state index < -0.39 is 0 Å². The molecule has 3 aromatic rings. The number of ketones is 1. The Morgan fingerprint density at radius 1 is 1.15 bits per heavy atom. The van der Waals surface area contributed by atoms with Crippen LogP contribution in [0.1, 0.15) is 51.4 Å². The molecule has 0 fully saturated rings. The third kappa shape index (κ3) is 3.27. The van der Waals surface area contributed by atoms with Crippen LogP contribution in [0.15, 0.2) is 41.8 Å². The van der Waals surface area contributed by atoms with E-state index in [-0.39, 0.29) is 11.7 Å². The van der Waals surface area contributed by atoms with E-state index in [1.165, 1.54) is 10.4 Å². The van der Waals surface area contributed by atoms with Gasteiger partial charge in [-0.3, -0.25) is 4.79 Å². The Morgan fingerprint density at radius 3 is 2.65 bits per heavy atom. The van der Waals surface area contributed by atoms with E-state index in [4.69, 9.17) is 0 Å². The first-order valence-corrected chi connectivity index (χ1v) is 9.82. The molecule has 1 aliphatic carbocycles. The number of fused-ring (bicyclic) bond motifs is 1. The predicted octanol–water partition coefficient (Wildman–Crippen LogP) is 5.07. The number of nitrogens with one attached hydrogen (secondary N) is 1. The largest absolute Gasteiger partial charge is 0.324 e. The second kappa shape index (κ2) is 7.00. The fourth-order valence-corrected chi connectivity index (χ4v) is 4.34. The van der Waals surface area contributed by atoms with E-state index >= 15 is 0 Å². The van der Waals surface area contributed by atoms with E-state index in [1.807, 2.05) is 25.1 Å². The third-order valence-electron chi connectivity index (χ3n) is 4.88. The van der Waals surface area contributed by atoms with Crippen LogP contribution in [0, 0.1) is 6.92 Å². The first-order chi connectivity index (χ1) is 12.6. The molecule has 0 saturated carbocycles. The Bertz CT molecular complexity index is 933. The molecule has 1 aromatic carbocycles. The molecule has 0 unspecified atom stereocenters. The van der Waals surface area contributed by atoms with Crippen molar-refractivity contribution in [3.8, 4) is 0 Å². The van der Waals surface area contributed by atoms with Crippen molar-refractivity contribution in [3.05, 3.63) is 69.2 Å². The van der Waals surface area contributed by atoms with Gasteiger partial charge in [0.15, 0.2) is 5.78 Å². The lowest BCUT2D eigenvalue weighted by molar-refractivity contribution is 0.0962. The molecule has 2 aromatic heterocycles. The van der Waals surface area contributed by atoms with Crippen molar-refractivity contribution in [2.45, 2.75) is 39.0 Å². The van der Waals surface area contributed by atoms with Crippen molar-refractivity contribution in [1.29, 1.82) is 0 Å². The van der Waals surface area contributed by atoms with Gasteiger partial charge in [-0.05, 0) is 48.9 Å². The minimum Gasteiger partial charge on any atom is -0.324 e. The summed E-state index contributed by atoms with van der Waals surface area (Å²) in [6.45, 7) is 4.04. The Morgan fingerprint density at radius 2 is 1.96 bits per heavy atom. The first kappa shape index (κ1) is 16.9. The second-order valence-electron chi connectivity index (χ2n) is 6.67. The van der Waals surface area contributed by atoms with Crippen LogP contribution in [-0.4, -0.2) is 15.8 Å². The molecule has 0 radical (unpaired) electrons. The SMILES string of the molecule is CCc1ccc(Nc2nc(C)c3c(n2)C[C@@H](c2cccs2)CC3=O)cc1. The summed E-state index contributed by atoms with van der Waals surface area (Å²) in [6.07, 6.45) is 2.35. The van der Waals surface area contributed by atoms with E-state index in [0.717, 1.165) is 29.9 Å². The van der Waals surface area contributed by atoms with Gasteiger partial charge in [0.05, 0.1) is 17.0 Å². The summed E-state index contributed by atoms with van der Waals surface area (Å²) < 4.78 is 0. The quantitative estimate of drug-likeness (QED) is 0.703. The molecule has 0 saturated heterocycles. The molecular formula is C21H21N3OS. The van der Waals surface area contributed by atoms with Crippen LogP contribution in [0.4, 0.5) is 11.6 Å². The number of benzene rings is 1. The van der Waals surface area contributed by atoms with Crippen LogP contribution >= 0.6 is 11.3 Å². The van der Waals surface area contributed by atoms with Gasteiger partial charge in [0.25, 0.3) is 0 Å². The highest BCUT2D eigenvalue weighted by atomic mass is 32.1. The number of hydrogen-bond acceptors (Lipinski definition) is 5. The van der Waals surface area contributed by atoms with Crippen molar-refractivity contribution >= 4 is 28.8 Å². The summed E-state index contributed by atoms with van der Waals surface area (Å²) in [4.78, 5) is 23.1. The maximum Gasteiger partial charge on any atom is 0.227 e. The molecule has 4 rings (SSSR count). The number of aromatic nitrogens is 2. The molecule has 0 amide bonds. The highest BCUT2D eigenvalue weighted by Gasteiger charge is 2.30. The summed E-state index contributed by atoms with van der Waals surface area (Å²) in [5, 5.41) is 5.34. The van der Waals surface area contributed by atoms with Crippen LogP contribution < -0.4 is 5.32 Å². The van der Waals surface area contributed by atoms with Crippen molar-refractivity contribution in [2.24, 2.45) is 0 Å². The molecule has 0 bridgehead atoms. The highest BCUT2D eigenvalue weighted by Crippen LogP contribution is 2.35. The standard InChI is InChI=1S/C21H21N3OS/c1-3-14-6-8-16(9-7-14)23-21-22-13(2)20-17(24-21)11-15(12-18(20)25)19-5-4-10-26-19/h4-10,15H,3,11-12H2,1-2H3,(H,22,23,24)/t15-/m1/s1. The summed E-state index contributed by atoms with van der Waals surface area (Å²) in [5.74, 6) is 0.937. The van der Waals surface area contributed by atoms with E-state index in [9.17, 15) is 4.79 Å². The molecule has 26 heavy (non-hydrogen) atoms. The Kier molecular flexibility index (Phi) is 4.55. The summed E-state index contributed by atoms with van der Waals surface area (Å²) in [7, 11) is 0. The zero-order valence-electron chi connectivity index (χ0n) is 15.0. The number of nitrogens with zero attached hydrogens (tertiary/aromatic N) is 2. The number of aryl methyl sites for hydroxylation is 2. The Labute approximate surface area is 157 Å². The Balaban J connectivity index is 1.63. The van der Waals surface area contributed by atoms with Gasteiger partial charge in [-0.25, -0.2) is 9.97 Å². The molecule has 1 aliphatic rings. The normalized spacial score (nSPS) is 16.4. The van der Waals surface area contributed by atoms with Gasteiger partial charge in [-0.1, -0.05) is 25.1 Å². The van der Waals surface area contributed by atoms with Gasteiger partial charge >= 0.3 is 0 Å². The summed E-state index contributed by atoms with van der Waals surface area (Å²) in [5.41, 5.74) is 4.59. The number of Topliss-reactive ketones (excluding diaryl/α,β-unsaturated/α-hetero) is 1. The lowest BCUT2D eigenvalue weighted by Crippen LogP contribution is -2.22. The maximum atomic E-state index is 12.7. The van der Waals surface area contributed by atoms with E-state index in [2.05, 4.69) is 45.8 Å². The summed E-state index contributed by atoms with van der Waals surface area (Å²) >= 11 is 1.71. The van der Waals surface area contributed by atoms with Crippen LogP contribution in [-0.2, 0) is 12.8 Å². The second-order valence-corrected chi connectivity index (χ2v) is 7.65. The topological polar surface area (TPSA) is 54.9 Å². The number of carbonyl (C=O) groups is 1. The molecule has 2 heterocycles. The average molecular weight is 363 g/mol. The van der Waals surface area contributed by atoms with E-state index in [1.54, 1.807) is 11.3 Å². The minimum atomic E-state index is 0.154. The number of carbonyl (C=O) groups excluding carboxylic acids is 1. The molecular weight excluding hydrogens is 342 g/mol. The molecule has 4 nitrogen and oxygen atoms in total. The molecule has 0 aliphatic heterocycles. The fourth-order valence-electron chi connectivity index (χ4n) is 3.51. The molecule has 0 spiro atoms. The van der Waals surface area contributed by atoms with Gasteiger partial charge in [-0.15, -0.1) is 11.3 Å². The Hall–Kier alpha value is -2.53. The minimum absolute atomic E-state index is 0.154. The van der Waals surface area contributed by atoms with Gasteiger partial charge in [-0.2, -0.15) is 0 Å². The smallest absolute Gasteiger partial charge is 0.227 e. The number of anilines is 2. The zero-order valence-corrected chi connectivity index (χ0v) is 15.8. The predicted molar refractivity (Wildman–Crippen MR) is 106 cm³/mol. The lowest BCUT2D eigenvalue weighted by atomic mass is 9.84. The maximum absolute atomic E-state index is 12.7. The van der Waals surface area contributed by atoms with Crippen molar-refractivity contribution in [2.75, 3.05) is 5.32 Å². The zero-order chi connectivity index (χ0) is 18.1. The number of hydrogen-bond donors (Lipinski definition) is 1. The van der Waals surface area contributed by atoms with E-state index in [0.29, 0.717) is 17.9 Å². The van der Waals surface area contributed by atoms with Gasteiger partial charge in [0.1, 0.15) is 0 Å².